The number of para-hydroxylation sites is 1. The van der Waals surface area contributed by atoms with Crippen molar-refractivity contribution in [3.63, 3.8) is 0 Å². The van der Waals surface area contributed by atoms with Crippen LogP contribution >= 0.6 is 35.6 Å². The van der Waals surface area contributed by atoms with E-state index in [1.165, 1.54) is 22.2 Å². The molecular formula is C28H25ClN2O4S2. The third-order valence-corrected chi connectivity index (χ3v) is 7.01. The van der Waals surface area contributed by atoms with Gasteiger partial charge in [-0.2, -0.15) is 0 Å². The molecule has 9 heteroatoms. The summed E-state index contributed by atoms with van der Waals surface area (Å²) in [5.41, 5.74) is 3.23. The van der Waals surface area contributed by atoms with E-state index in [9.17, 15) is 9.59 Å². The van der Waals surface area contributed by atoms with Crippen molar-refractivity contribution in [3.05, 3.63) is 87.8 Å². The fourth-order valence-electron chi connectivity index (χ4n) is 3.65. The Labute approximate surface area is 230 Å². The Morgan fingerprint density at radius 3 is 2.49 bits per heavy atom. The molecular weight excluding hydrogens is 528 g/mol. The number of hydrogen-bond donors (Lipinski definition) is 1. The molecule has 0 radical (unpaired) electrons. The maximum absolute atomic E-state index is 13.2. The molecule has 2 amide bonds. The average Bonchev–Trinajstić information content (AvgIpc) is 3.16. The molecule has 4 rings (SSSR count). The van der Waals surface area contributed by atoms with Crippen LogP contribution in [0.15, 0.2) is 71.6 Å². The summed E-state index contributed by atoms with van der Waals surface area (Å²) in [6, 6.07) is 20.3. The van der Waals surface area contributed by atoms with E-state index < -0.39 is 0 Å². The van der Waals surface area contributed by atoms with Crippen LogP contribution in [0, 0.1) is 0 Å². The number of thiocarbonyl (C=S) groups is 1. The third-order valence-electron chi connectivity index (χ3n) is 5.43. The number of benzene rings is 3. The van der Waals surface area contributed by atoms with E-state index in [1.807, 2.05) is 49.4 Å². The molecule has 1 aliphatic rings. The number of ether oxygens (including phenoxy) is 2. The van der Waals surface area contributed by atoms with Gasteiger partial charge in [0.1, 0.15) is 0 Å². The van der Waals surface area contributed by atoms with E-state index in [4.69, 9.17) is 33.3 Å². The fourth-order valence-corrected chi connectivity index (χ4v) is 5.23. The Morgan fingerprint density at radius 1 is 1.08 bits per heavy atom. The van der Waals surface area contributed by atoms with Gasteiger partial charge < -0.3 is 14.8 Å². The van der Waals surface area contributed by atoms with Crippen molar-refractivity contribution in [1.29, 1.82) is 0 Å². The molecule has 1 fully saturated rings. The highest BCUT2D eigenvalue weighted by Crippen LogP contribution is 2.40. The third kappa shape index (κ3) is 6.52. The maximum atomic E-state index is 13.2. The summed E-state index contributed by atoms with van der Waals surface area (Å²) in [7, 11) is 0. The molecule has 37 heavy (non-hydrogen) atoms. The van der Waals surface area contributed by atoms with Gasteiger partial charge >= 0.3 is 0 Å². The minimum absolute atomic E-state index is 0.203. The van der Waals surface area contributed by atoms with Gasteiger partial charge in [0.05, 0.1) is 22.2 Å². The van der Waals surface area contributed by atoms with Crippen molar-refractivity contribution in [2.75, 3.05) is 23.4 Å². The molecule has 0 spiro atoms. The Kier molecular flexibility index (Phi) is 8.87. The second-order valence-corrected chi connectivity index (χ2v) is 10.1. The zero-order chi connectivity index (χ0) is 26.4. The van der Waals surface area contributed by atoms with Gasteiger partial charge in [-0.3, -0.25) is 14.5 Å². The Morgan fingerprint density at radius 2 is 1.81 bits per heavy atom. The zero-order valence-corrected chi connectivity index (χ0v) is 22.7. The minimum Gasteiger partial charge on any atom is -0.490 e. The van der Waals surface area contributed by atoms with Crippen LogP contribution in [0.1, 0.15) is 25.0 Å². The van der Waals surface area contributed by atoms with Crippen LogP contribution in [0.25, 0.3) is 6.08 Å². The van der Waals surface area contributed by atoms with Crippen molar-refractivity contribution in [2.45, 2.75) is 20.3 Å². The monoisotopic (exact) mass is 552 g/mol. The van der Waals surface area contributed by atoms with Gasteiger partial charge in [-0.15, -0.1) is 0 Å². The molecule has 1 saturated heterocycles. The summed E-state index contributed by atoms with van der Waals surface area (Å²) in [4.78, 5) is 27.5. The molecule has 0 aromatic heterocycles. The van der Waals surface area contributed by atoms with Gasteiger partial charge in [0.2, 0.25) is 0 Å². The Hall–Kier alpha value is -3.33. The second kappa shape index (κ2) is 12.3. The van der Waals surface area contributed by atoms with E-state index >= 15 is 0 Å². The summed E-state index contributed by atoms with van der Waals surface area (Å²) in [5.74, 6) is 0.0995. The number of carbonyl (C=O) groups is 2. The van der Waals surface area contributed by atoms with E-state index in [1.54, 1.807) is 30.3 Å². The predicted molar refractivity (Wildman–Crippen MR) is 155 cm³/mol. The van der Waals surface area contributed by atoms with Gasteiger partial charge in [0.15, 0.2) is 22.4 Å². The predicted octanol–water partition coefficient (Wildman–Crippen LogP) is 6.72. The molecule has 1 N–H and O–H groups in total. The molecule has 0 aliphatic carbocycles. The number of aryl methyl sites for hydroxylation is 1. The molecule has 190 valence electrons. The summed E-state index contributed by atoms with van der Waals surface area (Å²) in [6.45, 7) is 4.03. The lowest BCUT2D eigenvalue weighted by atomic mass is 10.1. The second-order valence-electron chi connectivity index (χ2n) is 8.00. The van der Waals surface area contributed by atoms with Crippen molar-refractivity contribution >= 4 is 69.2 Å². The molecule has 6 nitrogen and oxygen atoms in total. The van der Waals surface area contributed by atoms with Crippen LogP contribution in [0.5, 0.6) is 11.5 Å². The highest BCUT2D eigenvalue weighted by atomic mass is 35.5. The number of rotatable bonds is 9. The number of thioether (sulfide) groups is 1. The first kappa shape index (κ1) is 26.7. The molecule has 1 aliphatic heterocycles. The van der Waals surface area contributed by atoms with Crippen molar-refractivity contribution in [1.82, 2.24) is 0 Å². The normalized spacial score (nSPS) is 14.2. The molecule has 3 aromatic carbocycles. The number of anilines is 2. The number of nitrogens with one attached hydrogen (secondary N) is 1. The van der Waals surface area contributed by atoms with Crippen molar-refractivity contribution in [2.24, 2.45) is 0 Å². The van der Waals surface area contributed by atoms with Gasteiger partial charge in [-0.25, -0.2) is 0 Å². The van der Waals surface area contributed by atoms with E-state index in [2.05, 4.69) is 12.2 Å². The average molecular weight is 553 g/mol. The van der Waals surface area contributed by atoms with Crippen molar-refractivity contribution < 1.29 is 19.1 Å². The molecule has 0 unspecified atom stereocenters. The fraction of sp³-hybridized carbons (Fsp3) is 0.179. The first-order valence-corrected chi connectivity index (χ1v) is 13.3. The van der Waals surface area contributed by atoms with Crippen LogP contribution in [-0.4, -0.2) is 29.3 Å². The topological polar surface area (TPSA) is 67.9 Å². The van der Waals surface area contributed by atoms with Crippen LogP contribution in [0.4, 0.5) is 11.4 Å². The van der Waals surface area contributed by atoms with Crippen molar-refractivity contribution in [3.8, 4) is 11.5 Å². The number of halogens is 1. The van der Waals surface area contributed by atoms with E-state index in [0.29, 0.717) is 32.8 Å². The number of carbonyl (C=O) groups excluding carboxylic acids is 2. The lowest BCUT2D eigenvalue weighted by Crippen LogP contribution is -2.27. The number of nitrogens with zero attached hydrogens (tertiary/aromatic N) is 1. The molecule has 0 atom stereocenters. The SMILES string of the molecule is CCOc1cc(/C=C2\SC(=S)N(c3ccc(CC)cc3)C2=O)cc(Cl)c1OCC(=O)Nc1ccccc1. The quantitative estimate of drug-likeness (QED) is 0.235. The maximum Gasteiger partial charge on any atom is 0.270 e. The Bertz CT molecular complexity index is 1340. The minimum atomic E-state index is -0.329. The lowest BCUT2D eigenvalue weighted by Gasteiger charge is -2.15. The summed E-state index contributed by atoms with van der Waals surface area (Å²) in [6.07, 6.45) is 2.64. The molecule has 0 saturated carbocycles. The summed E-state index contributed by atoms with van der Waals surface area (Å²) < 4.78 is 11.9. The first-order valence-electron chi connectivity index (χ1n) is 11.7. The Balaban J connectivity index is 1.52. The van der Waals surface area contributed by atoms with Crippen LogP contribution in [0.2, 0.25) is 5.02 Å². The summed E-state index contributed by atoms with van der Waals surface area (Å²) >= 11 is 13.2. The van der Waals surface area contributed by atoms with Gasteiger partial charge in [-0.05, 0) is 66.9 Å². The first-order chi connectivity index (χ1) is 17.9. The van der Waals surface area contributed by atoms with Crippen LogP contribution in [-0.2, 0) is 16.0 Å². The summed E-state index contributed by atoms with van der Waals surface area (Å²) in [5, 5.41) is 3.02. The number of hydrogen-bond acceptors (Lipinski definition) is 6. The van der Waals surface area contributed by atoms with Gasteiger partial charge in [0, 0.05) is 5.69 Å². The highest BCUT2D eigenvalue weighted by molar-refractivity contribution is 8.27. The van der Waals surface area contributed by atoms with Crippen LogP contribution < -0.4 is 19.7 Å². The zero-order valence-electron chi connectivity index (χ0n) is 20.3. The molecule has 1 heterocycles. The van der Waals surface area contributed by atoms with E-state index in [0.717, 1.165) is 12.1 Å². The van der Waals surface area contributed by atoms with Gasteiger partial charge in [-0.1, -0.05) is 72.8 Å². The van der Waals surface area contributed by atoms with Gasteiger partial charge in [0.25, 0.3) is 11.8 Å². The molecule has 3 aromatic rings. The largest absolute Gasteiger partial charge is 0.490 e. The lowest BCUT2D eigenvalue weighted by molar-refractivity contribution is -0.118. The smallest absolute Gasteiger partial charge is 0.270 e. The highest BCUT2D eigenvalue weighted by Gasteiger charge is 2.33. The standard InChI is InChI=1S/C28H25ClN2O4S2/c1-3-18-10-12-21(13-11-18)31-27(33)24(37-28(31)36)16-19-14-22(29)26(23(15-19)34-4-2)35-17-25(32)30-20-8-6-5-7-9-20/h5-16H,3-4,17H2,1-2H3,(H,30,32)/b24-16-. The molecule has 0 bridgehead atoms. The van der Waals surface area contributed by atoms with Crippen LogP contribution in [0.3, 0.4) is 0 Å². The number of amides is 2. The van der Waals surface area contributed by atoms with E-state index in [-0.39, 0.29) is 29.2 Å².